The number of benzene rings is 1. The molecule has 1 aromatic carbocycles. The van der Waals surface area contributed by atoms with Crippen molar-refractivity contribution in [3.8, 4) is 6.07 Å². The fraction of sp³-hybridized carbons (Fsp3) is 0.500. The van der Waals surface area contributed by atoms with Gasteiger partial charge in [0.05, 0.1) is 17.7 Å². The summed E-state index contributed by atoms with van der Waals surface area (Å²) in [5, 5.41) is 17.0. The highest BCUT2D eigenvalue weighted by molar-refractivity contribution is 7.90. The number of nitrogens with zero attached hydrogens (tertiary/aromatic N) is 2. The second kappa shape index (κ2) is 8.16. The van der Waals surface area contributed by atoms with E-state index >= 15 is 0 Å². The molecule has 4 atom stereocenters. The monoisotopic (exact) mass is 441 g/mol. The normalized spacial score (nSPS) is 26.2. The molecule has 0 aliphatic carbocycles. The van der Waals surface area contributed by atoms with Crippen molar-refractivity contribution in [2.45, 2.75) is 37.2 Å². The van der Waals surface area contributed by atoms with Crippen LogP contribution in [0.15, 0.2) is 17.0 Å². The van der Waals surface area contributed by atoms with Crippen molar-refractivity contribution in [3.05, 3.63) is 23.8 Å². The molecule has 0 radical (unpaired) electrons. The van der Waals surface area contributed by atoms with Crippen LogP contribution in [0.4, 0.5) is 19.3 Å². The third-order valence-corrected chi connectivity index (χ3v) is 7.12. The van der Waals surface area contributed by atoms with Gasteiger partial charge in [-0.1, -0.05) is 6.92 Å². The highest BCUT2D eigenvalue weighted by Gasteiger charge is 2.41. The molecule has 162 valence electrons. The Balaban J connectivity index is 1.73. The third kappa shape index (κ3) is 3.95. The number of carbonyl (C=O) groups excluding carboxylic acids is 2. The number of halogens is 2. The molecule has 1 aromatic rings. The summed E-state index contributed by atoms with van der Waals surface area (Å²) in [7, 11) is -4.77. The Morgan fingerprint density at radius 1 is 1.43 bits per heavy atom. The van der Waals surface area contributed by atoms with Crippen molar-refractivity contribution in [2.24, 2.45) is 11.8 Å². The topological polar surface area (TPSA) is 131 Å². The first-order valence-electron chi connectivity index (χ1n) is 9.30. The van der Waals surface area contributed by atoms with Crippen molar-refractivity contribution in [2.75, 3.05) is 18.4 Å². The van der Waals surface area contributed by atoms with Gasteiger partial charge in [-0.25, -0.2) is 26.3 Å². The molecular formula is C18H21F2N5O4S. The van der Waals surface area contributed by atoms with E-state index in [1.807, 2.05) is 6.92 Å². The summed E-state index contributed by atoms with van der Waals surface area (Å²) >= 11 is 0. The quantitative estimate of drug-likeness (QED) is 0.642. The van der Waals surface area contributed by atoms with Gasteiger partial charge < -0.3 is 16.0 Å². The first-order valence-corrected chi connectivity index (χ1v) is 10.7. The fourth-order valence-corrected chi connectivity index (χ4v) is 5.37. The molecule has 3 unspecified atom stereocenters. The summed E-state index contributed by atoms with van der Waals surface area (Å²) in [6.45, 7) is 3.22. The summed E-state index contributed by atoms with van der Waals surface area (Å²) in [5.74, 6) is -3.85. The van der Waals surface area contributed by atoms with Crippen LogP contribution in [0.5, 0.6) is 0 Å². The van der Waals surface area contributed by atoms with E-state index in [2.05, 4.69) is 22.0 Å². The molecule has 2 aliphatic heterocycles. The first-order chi connectivity index (χ1) is 14.1. The molecule has 1 fully saturated rings. The number of nitrogens with one attached hydrogen (secondary N) is 3. The van der Waals surface area contributed by atoms with Crippen molar-refractivity contribution >= 4 is 27.6 Å². The number of fused-ring (bicyclic) bond motifs is 1. The number of carbonyl (C=O) groups is 2. The second-order valence-electron chi connectivity index (χ2n) is 7.51. The van der Waals surface area contributed by atoms with Gasteiger partial charge in [0.15, 0.2) is 11.6 Å². The molecule has 0 aromatic heterocycles. The van der Waals surface area contributed by atoms with Gasteiger partial charge in [-0.05, 0) is 31.4 Å². The smallest absolute Gasteiger partial charge is 0.336 e. The molecule has 3 N–H and O–H groups in total. The number of rotatable bonds is 4. The predicted octanol–water partition coefficient (Wildman–Crippen LogP) is 1.14. The Hall–Kier alpha value is -2.78. The van der Waals surface area contributed by atoms with Gasteiger partial charge in [-0.2, -0.15) is 5.26 Å². The van der Waals surface area contributed by atoms with Crippen LogP contribution in [-0.4, -0.2) is 49.8 Å². The summed E-state index contributed by atoms with van der Waals surface area (Å²) in [6.07, 6.45) is 0.652. The van der Waals surface area contributed by atoms with Gasteiger partial charge in [-0.3, -0.25) is 4.79 Å². The number of amides is 3. The number of hydrogen-bond donors (Lipinski definition) is 3. The van der Waals surface area contributed by atoms with E-state index in [9.17, 15) is 26.8 Å². The zero-order valence-electron chi connectivity index (χ0n) is 16.3. The summed E-state index contributed by atoms with van der Waals surface area (Å²) in [5.41, 5.74) is -0.392. The van der Waals surface area contributed by atoms with Gasteiger partial charge >= 0.3 is 6.03 Å². The van der Waals surface area contributed by atoms with Crippen LogP contribution in [-0.2, 0) is 14.8 Å². The SMILES string of the molecule is CC1CC(C#N)CNC1[C@@H](C)NC(=O)CN1C(=O)Nc2ccc(F)c(F)c2S1(=O)=O. The van der Waals surface area contributed by atoms with Crippen molar-refractivity contribution in [1.82, 2.24) is 14.9 Å². The van der Waals surface area contributed by atoms with E-state index in [1.165, 1.54) is 0 Å². The molecule has 2 heterocycles. The number of sulfonamides is 1. The molecule has 0 bridgehead atoms. The average molecular weight is 441 g/mol. The van der Waals surface area contributed by atoms with Crippen LogP contribution in [0.2, 0.25) is 0 Å². The van der Waals surface area contributed by atoms with E-state index < -0.39 is 56.8 Å². The molecule has 9 nitrogen and oxygen atoms in total. The lowest BCUT2D eigenvalue weighted by atomic mass is 9.83. The lowest BCUT2D eigenvalue weighted by molar-refractivity contribution is -0.121. The largest absolute Gasteiger partial charge is 0.350 e. The Morgan fingerprint density at radius 3 is 2.77 bits per heavy atom. The zero-order chi connectivity index (χ0) is 22.2. The standard InChI is InChI=1S/C18H21F2N5O4S/c1-9-5-11(6-21)7-22-16(9)10(2)23-14(26)8-25-18(27)24-13-4-3-12(19)15(20)17(13)30(25,28)29/h3-4,9-11,16,22H,5,7-8H2,1-2H3,(H,23,26)(H,24,27)/t9?,10-,11?,16?/m1/s1. The van der Waals surface area contributed by atoms with E-state index in [0.717, 1.165) is 6.07 Å². The van der Waals surface area contributed by atoms with Crippen molar-refractivity contribution in [1.29, 1.82) is 5.26 Å². The molecule has 12 heteroatoms. The minimum atomic E-state index is -4.77. The maximum Gasteiger partial charge on any atom is 0.336 e. The van der Waals surface area contributed by atoms with Crippen LogP contribution >= 0.6 is 0 Å². The minimum absolute atomic E-state index is 0.0738. The number of anilines is 1. The highest BCUT2D eigenvalue weighted by Crippen LogP contribution is 2.33. The van der Waals surface area contributed by atoms with Gasteiger partial charge in [0, 0.05) is 18.6 Å². The Kier molecular flexibility index (Phi) is 5.96. The number of urea groups is 1. The Bertz CT molecular complexity index is 1030. The van der Waals surface area contributed by atoms with E-state index in [1.54, 1.807) is 6.92 Å². The van der Waals surface area contributed by atoms with Gasteiger partial charge in [-0.15, -0.1) is 0 Å². The lowest BCUT2D eigenvalue weighted by Crippen LogP contribution is -2.57. The van der Waals surface area contributed by atoms with Gasteiger partial charge in [0.2, 0.25) is 5.91 Å². The van der Waals surface area contributed by atoms with Crippen LogP contribution in [0, 0.1) is 34.8 Å². The maximum absolute atomic E-state index is 14.1. The summed E-state index contributed by atoms with van der Waals surface area (Å²) < 4.78 is 53.1. The fourth-order valence-electron chi connectivity index (χ4n) is 3.88. The van der Waals surface area contributed by atoms with Crippen LogP contribution in [0.25, 0.3) is 0 Å². The third-order valence-electron chi connectivity index (χ3n) is 5.33. The Labute approximate surface area is 172 Å². The average Bonchev–Trinajstić information content (AvgIpc) is 2.67. The molecule has 0 saturated carbocycles. The van der Waals surface area contributed by atoms with E-state index in [4.69, 9.17) is 5.26 Å². The molecule has 30 heavy (non-hydrogen) atoms. The molecule has 1 saturated heterocycles. The molecule has 2 aliphatic rings. The van der Waals surface area contributed by atoms with Crippen molar-refractivity contribution in [3.63, 3.8) is 0 Å². The maximum atomic E-state index is 14.1. The number of piperidine rings is 1. The Morgan fingerprint density at radius 2 is 2.13 bits per heavy atom. The molecule has 0 spiro atoms. The summed E-state index contributed by atoms with van der Waals surface area (Å²) in [4.78, 5) is 23.6. The predicted molar refractivity (Wildman–Crippen MR) is 102 cm³/mol. The summed E-state index contributed by atoms with van der Waals surface area (Å²) in [6, 6.07) is 2.11. The first kappa shape index (κ1) is 21.9. The lowest BCUT2D eigenvalue weighted by Gasteiger charge is -2.37. The van der Waals surface area contributed by atoms with Crippen LogP contribution in [0.3, 0.4) is 0 Å². The minimum Gasteiger partial charge on any atom is -0.350 e. The molecule has 3 amide bonds. The molecular weight excluding hydrogens is 420 g/mol. The van der Waals surface area contributed by atoms with E-state index in [0.29, 0.717) is 19.0 Å². The second-order valence-corrected chi connectivity index (χ2v) is 9.31. The van der Waals surface area contributed by atoms with E-state index in [-0.39, 0.29) is 22.2 Å². The van der Waals surface area contributed by atoms with Gasteiger partial charge in [0.25, 0.3) is 10.0 Å². The zero-order valence-corrected chi connectivity index (χ0v) is 17.1. The number of nitriles is 1. The molecule has 3 rings (SSSR count). The van der Waals surface area contributed by atoms with Crippen LogP contribution < -0.4 is 16.0 Å². The van der Waals surface area contributed by atoms with Crippen LogP contribution in [0.1, 0.15) is 20.3 Å². The number of hydrogen-bond acceptors (Lipinski definition) is 6. The van der Waals surface area contributed by atoms with Gasteiger partial charge in [0.1, 0.15) is 11.4 Å². The highest BCUT2D eigenvalue weighted by atomic mass is 32.2. The van der Waals surface area contributed by atoms with Crippen molar-refractivity contribution < 1.29 is 26.8 Å².